The number of benzene rings is 2. The van der Waals surface area contributed by atoms with E-state index >= 15 is 0 Å². The van der Waals surface area contributed by atoms with E-state index in [2.05, 4.69) is 68.6 Å². The largest absolute Gasteiger partial charge is 0.340 e. The minimum absolute atomic E-state index is 0.576. The van der Waals surface area contributed by atoms with Crippen molar-refractivity contribution < 1.29 is 0 Å². The van der Waals surface area contributed by atoms with Crippen molar-refractivity contribution in [3.8, 4) is 0 Å². The van der Waals surface area contributed by atoms with E-state index in [-0.39, 0.29) is 0 Å². The molecule has 122 valence electrons. The van der Waals surface area contributed by atoms with Crippen LogP contribution in [0.4, 0.5) is 23.1 Å². The van der Waals surface area contributed by atoms with Crippen molar-refractivity contribution in [2.45, 2.75) is 20.8 Å². The Morgan fingerprint density at radius 1 is 0.792 bits per heavy atom. The first kappa shape index (κ1) is 16.5. The Kier molecular flexibility index (Phi) is 4.81. The average Bonchev–Trinajstić information content (AvgIpc) is 2.53. The number of hydrogen-bond donors (Lipinski definition) is 2. The number of aromatic nitrogens is 2. The molecule has 0 saturated heterocycles. The lowest BCUT2D eigenvalue weighted by Crippen LogP contribution is -2.02. The molecule has 24 heavy (non-hydrogen) atoms. The second-order valence-electron chi connectivity index (χ2n) is 5.80. The third-order valence-electron chi connectivity index (χ3n) is 3.61. The van der Waals surface area contributed by atoms with Gasteiger partial charge in [0.25, 0.3) is 0 Å². The molecule has 0 fully saturated rings. The van der Waals surface area contributed by atoms with Gasteiger partial charge in [-0.2, -0.15) is 4.98 Å². The molecule has 0 unspecified atom stereocenters. The van der Waals surface area contributed by atoms with E-state index in [1.165, 1.54) is 11.1 Å². The SMILES string of the molecule is Cc1ccc(Nc2nc(C)cc(Nc3ccc(C)c(Br)c3)n2)cc1. The van der Waals surface area contributed by atoms with Crippen LogP contribution in [0, 0.1) is 20.8 Å². The third kappa shape index (κ3) is 4.11. The fraction of sp³-hybridized carbons (Fsp3) is 0.158. The van der Waals surface area contributed by atoms with Crippen LogP contribution in [-0.2, 0) is 0 Å². The predicted octanol–water partition coefficient (Wildman–Crippen LogP) is 5.65. The van der Waals surface area contributed by atoms with Crippen molar-refractivity contribution >= 4 is 39.1 Å². The van der Waals surface area contributed by atoms with Crippen LogP contribution < -0.4 is 10.6 Å². The molecule has 2 N–H and O–H groups in total. The Morgan fingerprint density at radius 3 is 2.21 bits per heavy atom. The van der Waals surface area contributed by atoms with Crippen LogP contribution in [0.1, 0.15) is 16.8 Å². The highest BCUT2D eigenvalue weighted by Crippen LogP contribution is 2.24. The summed E-state index contributed by atoms with van der Waals surface area (Å²) in [4.78, 5) is 9.00. The minimum atomic E-state index is 0.576. The van der Waals surface area contributed by atoms with Gasteiger partial charge in [-0.1, -0.05) is 39.7 Å². The maximum Gasteiger partial charge on any atom is 0.229 e. The fourth-order valence-corrected chi connectivity index (χ4v) is 2.65. The number of halogens is 1. The summed E-state index contributed by atoms with van der Waals surface area (Å²) in [6.45, 7) is 6.08. The summed E-state index contributed by atoms with van der Waals surface area (Å²) < 4.78 is 1.07. The summed E-state index contributed by atoms with van der Waals surface area (Å²) in [6, 6.07) is 16.2. The van der Waals surface area contributed by atoms with Crippen molar-refractivity contribution in [2.75, 3.05) is 10.6 Å². The highest BCUT2D eigenvalue weighted by atomic mass is 79.9. The van der Waals surface area contributed by atoms with Gasteiger partial charge < -0.3 is 10.6 Å². The summed E-state index contributed by atoms with van der Waals surface area (Å²) in [5.41, 5.74) is 5.26. The van der Waals surface area contributed by atoms with Gasteiger partial charge in [-0.05, 0) is 50.6 Å². The zero-order valence-electron chi connectivity index (χ0n) is 13.9. The van der Waals surface area contributed by atoms with Crippen molar-refractivity contribution in [2.24, 2.45) is 0 Å². The Balaban J connectivity index is 1.82. The molecule has 0 saturated carbocycles. The second-order valence-corrected chi connectivity index (χ2v) is 6.65. The number of hydrogen-bond acceptors (Lipinski definition) is 4. The van der Waals surface area contributed by atoms with E-state index in [4.69, 9.17) is 0 Å². The Labute approximate surface area is 150 Å². The fourth-order valence-electron chi connectivity index (χ4n) is 2.27. The maximum absolute atomic E-state index is 4.55. The molecular formula is C19H19BrN4. The van der Waals surface area contributed by atoms with E-state index < -0.39 is 0 Å². The van der Waals surface area contributed by atoms with Gasteiger partial charge in [0.1, 0.15) is 5.82 Å². The average molecular weight is 383 g/mol. The topological polar surface area (TPSA) is 49.8 Å². The van der Waals surface area contributed by atoms with Crippen LogP contribution in [0.25, 0.3) is 0 Å². The molecule has 0 radical (unpaired) electrons. The Hall–Kier alpha value is -2.40. The summed E-state index contributed by atoms with van der Waals surface area (Å²) in [5, 5.41) is 6.57. The quantitative estimate of drug-likeness (QED) is 0.611. The van der Waals surface area contributed by atoms with E-state index in [0.29, 0.717) is 5.95 Å². The van der Waals surface area contributed by atoms with Crippen molar-refractivity contribution in [1.82, 2.24) is 9.97 Å². The smallest absolute Gasteiger partial charge is 0.229 e. The molecular weight excluding hydrogens is 364 g/mol. The number of aryl methyl sites for hydroxylation is 3. The van der Waals surface area contributed by atoms with Gasteiger partial charge in [0, 0.05) is 27.6 Å². The van der Waals surface area contributed by atoms with Crippen LogP contribution in [-0.4, -0.2) is 9.97 Å². The van der Waals surface area contributed by atoms with E-state index in [0.717, 1.165) is 27.4 Å². The molecule has 3 aromatic rings. The molecule has 5 heteroatoms. The lowest BCUT2D eigenvalue weighted by molar-refractivity contribution is 1.11. The zero-order valence-corrected chi connectivity index (χ0v) is 15.5. The Bertz CT molecular complexity index is 860. The molecule has 1 aromatic heterocycles. The summed E-state index contributed by atoms with van der Waals surface area (Å²) in [7, 11) is 0. The van der Waals surface area contributed by atoms with Gasteiger partial charge in [0.05, 0.1) is 0 Å². The Morgan fingerprint density at radius 2 is 1.50 bits per heavy atom. The maximum atomic E-state index is 4.55. The van der Waals surface area contributed by atoms with Gasteiger partial charge in [-0.3, -0.25) is 0 Å². The van der Waals surface area contributed by atoms with Gasteiger partial charge in [0.15, 0.2) is 0 Å². The van der Waals surface area contributed by atoms with Crippen LogP contribution >= 0.6 is 15.9 Å². The van der Waals surface area contributed by atoms with Crippen LogP contribution in [0.2, 0.25) is 0 Å². The van der Waals surface area contributed by atoms with Gasteiger partial charge in [-0.25, -0.2) is 4.98 Å². The normalized spacial score (nSPS) is 10.5. The first-order chi connectivity index (χ1) is 11.5. The van der Waals surface area contributed by atoms with E-state index in [9.17, 15) is 0 Å². The summed E-state index contributed by atoms with van der Waals surface area (Å²) >= 11 is 3.55. The summed E-state index contributed by atoms with van der Waals surface area (Å²) in [6.07, 6.45) is 0. The highest BCUT2D eigenvalue weighted by molar-refractivity contribution is 9.10. The number of nitrogens with one attached hydrogen (secondary N) is 2. The van der Waals surface area contributed by atoms with Gasteiger partial charge in [-0.15, -0.1) is 0 Å². The molecule has 0 aliphatic carbocycles. The highest BCUT2D eigenvalue weighted by Gasteiger charge is 2.05. The van der Waals surface area contributed by atoms with Crippen molar-refractivity contribution in [3.05, 3.63) is 69.8 Å². The minimum Gasteiger partial charge on any atom is -0.340 e. The second kappa shape index (κ2) is 7.01. The number of anilines is 4. The molecule has 2 aromatic carbocycles. The number of nitrogens with zero attached hydrogens (tertiary/aromatic N) is 2. The number of rotatable bonds is 4. The standard InChI is InChI=1S/C19H19BrN4/c1-12-4-7-15(8-5-12)23-19-21-14(3)10-18(24-19)22-16-9-6-13(2)17(20)11-16/h4-11H,1-3H3,(H2,21,22,23,24). The predicted molar refractivity (Wildman–Crippen MR) is 103 cm³/mol. The molecule has 0 atom stereocenters. The molecule has 3 rings (SSSR count). The van der Waals surface area contributed by atoms with E-state index in [1.54, 1.807) is 0 Å². The van der Waals surface area contributed by atoms with Crippen molar-refractivity contribution in [3.63, 3.8) is 0 Å². The van der Waals surface area contributed by atoms with Gasteiger partial charge in [0.2, 0.25) is 5.95 Å². The first-order valence-corrected chi connectivity index (χ1v) is 8.51. The van der Waals surface area contributed by atoms with Crippen LogP contribution in [0.3, 0.4) is 0 Å². The van der Waals surface area contributed by atoms with Crippen molar-refractivity contribution in [1.29, 1.82) is 0 Å². The van der Waals surface area contributed by atoms with E-state index in [1.807, 2.05) is 37.3 Å². The van der Waals surface area contributed by atoms with Crippen LogP contribution in [0.5, 0.6) is 0 Å². The molecule has 0 bridgehead atoms. The third-order valence-corrected chi connectivity index (χ3v) is 4.46. The summed E-state index contributed by atoms with van der Waals surface area (Å²) in [5.74, 6) is 1.33. The molecule has 0 aliphatic heterocycles. The molecule has 0 spiro atoms. The zero-order chi connectivity index (χ0) is 17.1. The molecule has 4 nitrogen and oxygen atoms in total. The lowest BCUT2D eigenvalue weighted by atomic mass is 10.2. The lowest BCUT2D eigenvalue weighted by Gasteiger charge is -2.11. The van der Waals surface area contributed by atoms with Gasteiger partial charge >= 0.3 is 0 Å². The molecule has 1 heterocycles. The monoisotopic (exact) mass is 382 g/mol. The first-order valence-electron chi connectivity index (χ1n) is 7.72. The molecule has 0 amide bonds. The molecule has 0 aliphatic rings. The van der Waals surface area contributed by atoms with Crippen LogP contribution in [0.15, 0.2) is 53.0 Å².